The van der Waals surface area contributed by atoms with E-state index in [-0.39, 0.29) is 5.91 Å². The van der Waals surface area contributed by atoms with Crippen LogP contribution < -0.4 is 5.32 Å². The van der Waals surface area contributed by atoms with Crippen LogP contribution in [0.5, 0.6) is 0 Å². The molecule has 0 aliphatic rings. The summed E-state index contributed by atoms with van der Waals surface area (Å²) in [6.07, 6.45) is 3.40. The van der Waals surface area contributed by atoms with E-state index in [0.29, 0.717) is 10.7 Å². The van der Waals surface area contributed by atoms with Crippen LogP contribution in [-0.2, 0) is 0 Å². The molecule has 2 N–H and O–H groups in total. The summed E-state index contributed by atoms with van der Waals surface area (Å²) in [5, 5.41) is 5.15. The van der Waals surface area contributed by atoms with Gasteiger partial charge in [0.1, 0.15) is 0 Å². The van der Waals surface area contributed by atoms with Crippen LogP contribution in [0, 0.1) is 6.92 Å². The summed E-state index contributed by atoms with van der Waals surface area (Å²) in [7, 11) is 0. The van der Waals surface area contributed by atoms with Gasteiger partial charge in [-0.15, -0.1) is 11.3 Å². The molecule has 5 heteroatoms. The molecule has 0 bridgehead atoms. The molecule has 1 amide bonds. The molecular weight excluding hydrogens is 198 g/mol. The third-order valence-electron chi connectivity index (χ3n) is 1.85. The smallest absolute Gasteiger partial charge is 0.259 e. The predicted octanol–water partition coefficient (Wildman–Crippen LogP) is 2.03. The average molecular weight is 207 g/mol. The minimum absolute atomic E-state index is 0.126. The van der Waals surface area contributed by atoms with Crippen LogP contribution >= 0.6 is 11.3 Å². The second kappa shape index (κ2) is 3.63. The number of carbonyl (C=O) groups excluding carboxylic acids is 1. The van der Waals surface area contributed by atoms with Crippen LogP contribution in [-0.4, -0.2) is 15.9 Å². The van der Waals surface area contributed by atoms with E-state index < -0.39 is 0 Å². The van der Waals surface area contributed by atoms with E-state index >= 15 is 0 Å². The van der Waals surface area contributed by atoms with Crippen LogP contribution in [0.4, 0.5) is 5.13 Å². The predicted molar refractivity (Wildman–Crippen MR) is 55.6 cm³/mol. The highest BCUT2D eigenvalue weighted by atomic mass is 32.1. The number of nitrogens with one attached hydrogen (secondary N) is 2. The average Bonchev–Trinajstić information content (AvgIpc) is 2.75. The number of aromatic nitrogens is 2. The monoisotopic (exact) mass is 207 g/mol. The summed E-state index contributed by atoms with van der Waals surface area (Å²) in [4.78, 5) is 18.6. The van der Waals surface area contributed by atoms with Crippen LogP contribution in [0.1, 0.15) is 16.1 Å². The van der Waals surface area contributed by atoms with Gasteiger partial charge in [-0.2, -0.15) is 0 Å². The maximum atomic E-state index is 11.6. The summed E-state index contributed by atoms with van der Waals surface area (Å²) in [6, 6.07) is 1.75. The van der Waals surface area contributed by atoms with Crippen LogP contribution in [0.25, 0.3) is 0 Å². The number of hydrogen-bond donors (Lipinski definition) is 2. The lowest BCUT2D eigenvalue weighted by Crippen LogP contribution is -2.11. The Balaban J connectivity index is 2.14. The first-order chi connectivity index (χ1) is 6.77. The molecule has 0 aliphatic heterocycles. The van der Waals surface area contributed by atoms with E-state index in [2.05, 4.69) is 15.3 Å². The van der Waals surface area contributed by atoms with Gasteiger partial charge in [0.05, 0.1) is 5.56 Å². The molecule has 0 aliphatic carbocycles. The first-order valence-corrected chi connectivity index (χ1v) is 5.00. The molecule has 0 saturated carbocycles. The highest BCUT2D eigenvalue weighted by Crippen LogP contribution is 2.13. The van der Waals surface area contributed by atoms with Gasteiger partial charge in [-0.1, -0.05) is 0 Å². The maximum absolute atomic E-state index is 11.6. The van der Waals surface area contributed by atoms with Crippen molar-refractivity contribution in [1.29, 1.82) is 0 Å². The van der Waals surface area contributed by atoms with Gasteiger partial charge in [-0.3, -0.25) is 10.1 Å². The van der Waals surface area contributed by atoms with Crippen molar-refractivity contribution in [2.75, 3.05) is 5.32 Å². The fraction of sp³-hybridized carbons (Fsp3) is 0.111. The minimum atomic E-state index is -0.126. The summed E-state index contributed by atoms with van der Waals surface area (Å²) in [5.41, 5.74) is 1.51. The summed E-state index contributed by atoms with van der Waals surface area (Å²) >= 11 is 1.40. The summed E-state index contributed by atoms with van der Waals surface area (Å²) in [5.74, 6) is -0.126. The quantitative estimate of drug-likeness (QED) is 0.791. The zero-order valence-electron chi connectivity index (χ0n) is 7.57. The molecule has 4 nitrogen and oxygen atoms in total. The Morgan fingerprint density at radius 2 is 2.50 bits per heavy atom. The van der Waals surface area contributed by atoms with Crippen LogP contribution in [0.2, 0.25) is 0 Å². The Bertz CT molecular complexity index is 433. The number of hydrogen-bond acceptors (Lipinski definition) is 3. The van der Waals surface area contributed by atoms with Gasteiger partial charge in [-0.05, 0) is 13.0 Å². The minimum Gasteiger partial charge on any atom is -0.365 e. The Labute approximate surface area is 85.0 Å². The normalized spacial score (nSPS) is 10.1. The van der Waals surface area contributed by atoms with Crippen molar-refractivity contribution in [3.63, 3.8) is 0 Å². The molecule has 0 fully saturated rings. The molecule has 0 spiro atoms. The van der Waals surface area contributed by atoms with Gasteiger partial charge in [0.15, 0.2) is 5.13 Å². The standard InChI is InChI=1S/C9H9N3OS/c1-6-7(2-3-10-6)8(13)12-9-11-4-5-14-9/h2-5,10H,1H3,(H,11,12,13). The molecule has 0 aromatic carbocycles. The Hall–Kier alpha value is -1.62. The number of anilines is 1. The fourth-order valence-electron chi connectivity index (χ4n) is 1.15. The van der Waals surface area contributed by atoms with E-state index in [4.69, 9.17) is 0 Å². The van der Waals surface area contributed by atoms with Crippen molar-refractivity contribution in [2.24, 2.45) is 0 Å². The van der Waals surface area contributed by atoms with Gasteiger partial charge >= 0.3 is 0 Å². The molecule has 72 valence electrons. The van der Waals surface area contributed by atoms with E-state index in [1.165, 1.54) is 11.3 Å². The Morgan fingerprint density at radius 3 is 3.07 bits per heavy atom. The van der Waals surface area contributed by atoms with E-state index in [1.807, 2.05) is 12.3 Å². The number of rotatable bonds is 2. The molecule has 2 aromatic rings. The highest BCUT2D eigenvalue weighted by molar-refractivity contribution is 7.13. The highest BCUT2D eigenvalue weighted by Gasteiger charge is 2.10. The third-order valence-corrected chi connectivity index (χ3v) is 2.54. The van der Waals surface area contributed by atoms with Crippen LogP contribution in [0.15, 0.2) is 23.8 Å². The Morgan fingerprint density at radius 1 is 1.64 bits per heavy atom. The van der Waals surface area contributed by atoms with E-state index in [9.17, 15) is 4.79 Å². The molecule has 0 radical (unpaired) electrons. The van der Waals surface area contributed by atoms with Crippen molar-refractivity contribution < 1.29 is 4.79 Å². The van der Waals surface area contributed by atoms with Crippen molar-refractivity contribution >= 4 is 22.4 Å². The maximum Gasteiger partial charge on any atom is 0.259 e. The number of H-pyrrole nitrogens is 1. The first-order valence-electron chi connectivity index (χ1n) is 4.12. The molecule has 0 unspecified atom stereocenters. The number of aromatic amines is 1. The zero-order valence-corrected chi connectivity index (χ0v) is 8.39. The number of thiazole rings is 1. The van der Waals surface area contributed by atoms with Gasteiger partial charge in [0, 0.05) is 23.5 Å². The molecule has 2 heterocycles. The molecule has 2 aromatic heterocycles. The second-order valence-corrected chi connectivity index (χ2v) is 3.70. The Kier molecular flexibility index (Phi) is 2.32. The summed E-state index contributed by atoms with van der Waals surface area (Å²) < 4.78 is 0. The SMILES string of the molecule is Cc1[nH]ccc1C(=O)Nc1nccs1. The van der Waals surface area contributed by atoms with Gasteiger partial charge in [0.25, 0.3) is 5.91 Å². The summed E-state index contributed by atoms with van der Waals surface area (Å²) in [6.45, 7) is 1.86. The molecular formula is C9H9N3OS. The second-order valence-electron chi connectivity index (χ2n) is 2.81. The van der Waals surface area contributed by atoms with Gasteiger partial charge in [0.2, 0.25) is 0 Å². The van der Waals surface area contributed by atoms with Crippen molar-refractivity contribution in [1.82, 2.24) is 9.97 Å². The lowest BCUT2D eigenvalue weighted by atomic mass is 10.2. The first kappa shape index (κ1) is 8.96. The zero-order chi connectivity index (χ0) is 9.97. The largest absolute Gasteiger partial charge is 0.365 e. The van der Waals surface area contributed by atoms with Crippen molar-refractivity contribution in [3.05, 3.63) is 35.1 Å². The molecule has 0 atom stereocenters. The van der Waals surface area contributed by atoms with Gasteiger partial charge < -0.3 is 4.98 Å². The topological polar surface area (TPSA) is 57.8 Å². The van der Waals surface area contributed by atoms with E-state index in [0.717, 1.165) is 5.69 Å². The number of amides is 1. The van der Waals surface area contributed by atoms with Crippen molar-refractivity contribution in [2.45, 2.75) is 6.92 Å². The molecule has 2 rings (SSSR count). The van der Waals surface area contributed by atoms with Crippen LogP contribution in [0.3, 0.4) is 0 Å². The fourth-order valence-corrected chi connectivity index (χ4v) is 1.67. The lowest BCUT2D eigenvalue weighted by molar-refractivity contribution is 0.102. The number of carbonyl (C=O) groups is 1. The van der Waals surface area contributed by atoms with Gasteiger partial charge in [-0.25, -0.2) is 4.98 Å². The third kappa shape index (κ3) is 1.67. The number of nitrogens with zero attached hydrogens (tertiary/aromatic N) is 1. The number of aryl methyl sites for hydroxylation is 1. The molecule has 0 saturated heterocycles. The van der Waals surface area contributed by atoms with Crippen molar-refractivity contribution in [3.8, 4) is 0 Å². The lowest BCUT2D eigenvalue weighted by Gasteiger charge is -1.99. The van der Waals surface area contributed by atoms with E-state index in [1.54, 1.807) is 18.5 Å². The molecule has 14 heavy (non-hydrogen) atoms.